The maximum Gasteiger partial charge on any atom is 0.341 e. The monoisotopic (exact) mass is 690 g/mol. The number of hydrogen-bond donors (Lipinski definition) is 3. The summed E-state index contributed by atoms with van der Waals surface area (Å²) in [6.45, 7) is 15.1. The zero-order valence-corrected chi connectivity index (χ0v) is 29.6. The Hall–Kier alpha value is -2.32. The van der Waals surface area contributed by atoms with Crippen molar-refractivity contribution in [2.75, 3.05) is 0 Å². The van der Waals surface area contributed by atoms with Crippen LogP contribution in [0.25, 0.3) is 0 Å². The van der Waals surface area contributed by atoms with Gasteiger partial charge in [0, 0.05) is 49.4 Å². The second-order valence-electron chi connectivity index (χ2n) is 17.7. The lowest BCUT2D eigenvalue weighted by Crippen LogP contribution is -2.73. The van der Waals surface area contributed by atoms with E-state index in [1.807, 2.05) is 20.8 Å². The van der Waals surface area contributed by atoms with E-state index >= 15 is 0 Å². The van der Waals surface area contributed by atoms with Crippen LogP contribution in [-0.4, -0.2) is 98.9 Å². The summed E-state index contributed by atoms with van der Waals surface area (Å²) >= 11 is 0. The quantitative estimate of drug-likeness (QED) is 0.220. The first-order valence-electron chi connectivity index (χ1n) is 17.9. The van der Waals surface area contributed by atoms with Crippen molar-refractivity contribution in [1.29, 1.82) is 0 Å². The van der Waals surface area contributed by atoms with Crippen LogP contribution in [0, 0.1) is 57.7 Å². The van der Waals surface area contributed by atoms with Gasteiger partial charge in [0.1, 0.15) is 30.5 Å². The van der Waals surface area contributed by atoms with E-state index in [9.17, 15) is 34.5 Å². The Labute approximate surface area is 285 Å². The molecule has 8 rings (SSSR count). The summed E-state index contributed by atoms with van der Waals surface area (Å²) < 4.78 is 37.0. The molecule has 3 aliphatic heterocycles. The molecule has 8 fully saturated rings. The van der Waals surface area contributed by atoms with Crippen LogP contribution in [0.3, 0.4) is 0 Å². The molecule has 3 N–H and O–H groups in total. The largest absolute Gasteiger partial charge is 0.462 e. The van der Waals surface area contributed by atoms with Crippen molar-refractivity contribution in [3.05, 3.63) is 0 Å². The highest BCUT2D eigenvalue weighted by molar-refractivity contribution is 5.84. The van der Waals surface area contributed by atoms with Gasteiger partial charge in [0.15, 0.2) is 5.60 Å². The molecular formula is C36H50O13. The molecule has 272 valence electrons. The Kier molecular flexibility index (Phi) is 6.73. The lowest BCUT2D eigenvalue weighted by atomic mass is 9.41. The zero-order valence-electron chi connectivity index (χ0n) is 29.6. The molecule has 1 spiro atoms. The van der Waals surface area contributed by atoms with Gasteiger partial charge in [0.05, 0.1) is 29.1 Å². The number of carbonyl (C=O) groups is 4. The van der Waals surface area contributed by atoms with E-state index in [-0.39, 0.29) is 31.3 Å². The lowest BCUT2D eigenvalue weighted by Gasteiger charge is -2.66. The van der Waals surface area contributed by atoms with E-state index in [1.165, 1.54) is 20.8 Å². The van der Waals surface area contributed by atoms with E-state index in [0.29, 0.717) is 0 Å². The number of rotatable bonds is 4. The molecule has 5 aliphatic carbocycles. The van der Waals surface area contributed by atoms with E-state index < -0.39 is 129 Å². The number of aliphatic hydroxyl groups is 3. The molecule has 0 aromatic heterocycles. The summed E-state index contributed by atoms with van der Waals surface area (Å²) in [5.41, 5.74) is -7.05. The first kappa shape index (κ1) is 33.8. The summed E-state index contributed by atoms with van der Waals surface area (Å²) in [6, 6.07) is 0. The van der Waals surface area contributed by atoms with Gasteiger partial charge in [-0.25, -0.2) is 4.79 Å². The van der Waals surface area contributed by atoms with Gasteiger partial charge in [-0.2, -0.15) is 0 Å². The molecule has 2 unspecified atom stereocenters. The molecule has 0 bridgehead atoms. The smallest absolute Gasteiger partial charge is 0.341 e. The molecule has 0 amide bonds. The summed E-state index contributed by atoms with van der Waals surface area (Å²) in [5, 5.41) is 36.9. The number of epoxide rings is 2. The van der Waals surface area contributed by atoms with Crippen molar-refractivity contribution in [2.45, 2.75) is 141 Å². The van der Waals surface area contributed by atoms with E-state index in [4.69, 9.17) is 28.4 Å². The molecule has 0 radical (unpaired) electrons. The summed E-state index contributed by atoms with van der Waals surface area (Å²) in [4.78, 5) is 52.7. The van der Waals surface area contributed by atoms with Gasteiger partial charge >= 0.3 is 23.9 Å². The van der Waals surface area contributed by atoms with Gasteiger partial charge in [-0.15, -0.1) is 0 Å². The fraction of sp³-hybridized carbons (Fsp3) is 0.889. The number of hydrogen-bond acceptors (Lipinski definition) is 13. The van der Waals surface area contributed by atoms with Crippen LogP contribution in [0.15, 0.2) is 0 Å². The predicted octanol–water partition coefficient (Wildman–Crippen LogP) is 1.65. The topological polar surface area (TPSA) is 191 Å². The van der Waals surface area contributed by atoms with Crippen LogP contribution in [0.1, 0.15) is 81.6 Å². The molecule has 13 heteroatoms. The Morgan fingerprint density at radius 3 is 2.20 bits per heavy atom. The second-order valence-corrected chi connectivity index (χ2v) is 17.7. The van der Waals surface area contributed by atoms with E-state index in [0.717, 1.165) is 0 Å². The van der Waals surface area contributed by atoms with Crippen molar-refractivity contribution in [2.24, 2.45) is 57.7 Å². The number of fused-ring (bicyclic) bond motifs is 9. The van der Waals surface area contributed by atoms with E-state index in [2.05, 4.69) is 0 Å². The highest BCUT2D eigenvalue weighted by Crippen LogP contribution is 2.81. The van der Waals surface area contributed by atoms with E-state index in [1.54, 1.807) is 20.8 Å². The molecule has 49 heavy (non-hydrogen) atoms. The first-order chi connectivity index (χ1) is 22.6. The minimum atomic E-state index is -2.03. The normalized spacial score (nSPS) is 58.7. The molecule has 8 aliphatic rings. The molecule has 3 saturated heterocycles. The van der Waals surface area contributed by atoms with Crippen LogP contribution >= 0.6 is 0 Å². The standard InChI is InChI=1S/C36H50O13/c1-13(2)29(40)47-28-25-19(46-25)12-35(43)11-18(39)21-17(32(28,35)7)10-20(44-15(4)37)31(6)22-14(3)27-36(48-27)33(8,34(9,42)30(41)49-36)24(22)26(23(21)31)45-16(5)38/h13-14,17-28,39,42-43H,10-12H2,1-9H3/t14-,17?,18-,19-,20-,21?,22-,23+,24-,25-,26+,27+,28-,31+,32-,33-,34+,35+,36-/m0/s1. The Morgan fingerprint density at radius 2 is 1.59 bits per heavy atom. The molecule has 3 heterocycles. The van der Waals surface area contributed by atoms with Crippen molar-refractivity contribution in [1.82, 2.24) is 0 Å². The fourth-order valence-corrected chi connectivity index (χ4v) is 13.1. The average molecular weight is 691 g/mol. The molecule has 19 atom stereocenters. The van der Waals surface area contributed by atoms with Gasteiger partial charge in [-0.3, -0.25) is 14.4 Å². The van der Waals surface area contributed by atoms with Gasteiger partial charge in [0.25, 0.3) is 0 Å². The number of aliphatic hydroxyl groups excluding tert-OH is 1. The third-order valence-electron chi connectivity index (χ3n) is 15.4. The Balaban J connectivity index is 1.34. The van der Waals surface area contributed by atoms with Gasteiger partial charge in [-0.1, -0.05) is 34.6 Å². The van der Waals surface area contributed by atoms with Crippen molar-refractivity contribution in [3.8, 4) is 0 Å². The third-order valence-corrected chi connectivity index (χ3v) is 15.4. The minimum absolute atomic E-state index is 0.0400. The van der Waals surface area contributed by atoms with Gasteiger partial charge < -0.3 is 43.7 Å². The molecule has 13 nitrogen and oxygen atoms in total. The molecule has 5 saturated carbocycles. The molecule has 0 aromatic rings. The Bertz CT molecular complexity index is 1530. The van der Waals surface area contributed by atoms with Gasteiger partial charge in [-0.05, 0) is 43.9 Å². The highest BCUT2D eigenvalue weighted by atomic mass is 16.8. The fourth-order valence-electron chi connectivity index (χ4n) is 13.1. The number of esters is 4. The van der Waals surface area contributed by atoms with Crippen LogP contribution in [-0.2, 0) is 47.6 Å². The summed E-state index contributed by atoms with van der Waals surface area (Å²) in [6.07, 6.45) is -4.68. The number of ether oxygens (including phenoxy) is 6. The van der Waals surface area contributed by atoms with Crippen LogP contribution in [0.4, 0.5) is 0 Å². The number of carbonyl (C=O) groups excluding carboxylic acids is 4. The van der Waals surface area contributed by atoms with Crippen molar-refractivity contribution < 1.29 is 62.9 Å². The lowest BCUT2D eigenvalue weighted by molar-refractivity contribution is -0.286. The van der Waals surface area contributed by atoms with Gasteiger partial charge in [0.2, 0.25) is 5.79 Å². The highest BCUT2D eigenvalue weighted by Gasteiger charge is 2.93. The minimum Gasteiger partial charge on any atom is -0.462 e. The average Bonchev–Trinajstić information content (AvgIpc) is 3.88. The SMILES string of the molecule is CC(=O)O[C@H]1[C@@H]2[C@H]([C@H](C)[C@H]3O[C@]34OC(=O)[C@@](C)(O)[C@]24C)[C@@]2(C)[C@@H](OC(C)=O)CC3C([C@H]12)[C@@H](O)C[C@@]1(O)C[C@@H]2O[C@@H]2[C@H](OC(=O)C(C)C)[C@]31C. The maximum atomic E-state index is 13.4. The zero-order chi connectivity index (χ0) is 35.8. The van der Waals surface area contributed by atoms with Crippen LogP contribution in [0.5, 0.6) is 0 Å². The second kappa shape index (κ2) is 9.76. The first-order valence-corrected chi connectivity index (χ1v) is 17.9. The van der Waals surface area contributed by atoms with Crippen molar-refractivity contribution >= 4 is 23.9 Å². The summed E-state index contributed by atoms with van der Waals surface area (Å²) in [5.74, 6) is -7.63. The third kappa shape index (κ3) is 3.74. The van der Waals surface area contributed by atoms with Crippen LogP contribution in [0.2, 0.25) is 0 Å². The predicted molar refractivity (Wildman–Crippen MR) is 165 cm³/mol. The molecule has 0 aromatic carbocycles. The van der Waals surface area contributed by atoms with Crippen LogP contribution < -0.4 is 0 Å². The Morgan fingerprint density at radius 1 is 0.939 bits per heavy atom. The van der Waals surface area contributed by atoms with Crippen molar-refractivity contribution in [3.63, 3.8) is 0 Å². The maximum absolute atomic E-state index is 13.4. The summed E-state index contributed by atoms with van der Waals surface area (Å²) in [7, 11) is 0. The molecular weight excluding hydrogens is 640 g/mol.